The molecule has 1 heterocycles. The first kappa shape index (κ1) is 20.7. The predicted octanol–water partition coefficient (Wildman–Crippen LogP) is 2.47. The van der Waals surface area contributed by atoms with Gasteiger partial charge in [0.2, 0.25) is 5.91 Å². The minimum atomic E-state index is -0.456. The van der Waals surface area contributed by atoms with Crippen LogP contribution in [0.15, 0.2) is 65.8 Å². The molecule has 6 heteroatoms. The zero-order valence-corrected chi connectivity index (χ0v) is 17.0. The van der Waals surface area contributed by atoms with E-state index >= 15 is 0 Å². The Balaban J connectivity index is 1.65. The fourth-order valence-electron chi connectivity index (χ4n) is 3.43. The molecule has 0 spiro atoms. The van der Waals surface area contributed by atoms with Crippen LogP contribution in [0.2, 0.25) is 0 Å². The van der Waals surface area contributed by atoms with E-state index in [-0.39, 0.29) is 18.2 Å². The third kappa shape index (κ3) is 5.74. The Kier molecular flexibility index (Phi) is 7.14. The van der Waals surface area contributed by atoms with Crippen molar-refractivity contribution in [3.05, 3.63) is 71.8 Å². The summed E-state index contributed by atoms with van der Waals surface area (Å²) in [6.07, 6.45) is 0.214. The maximum absolute atomic E-state index is 13.0. The number of carbonyl (C=O) groups is 2. The molecule has 1 aliphatic rings. The number of hydrogen-bond acceptors (Lipinski definition) is 4. The Labute approximate surface area is 172 Å². The number of nitrogens with one attached hydrogen (secondary N) is 1. The van der Waals surface area contributed by atoms with Gasteiger partial charge in [-0.05, 0) is 25.1 Å². The smallest absolute Gasteiger partial charge is 0.252 e. The zero-order valence-electron chi connectivity index (χ0n) is 17.0. The van der Waals surface area contributed by atoms with Crippen molar-refractivity contribution in [2.75, 3.05) is 33.2 Å². The van der Waals surface area contributed by atoms with Crippen molar-refractivity contribution in [3.63, 3.8) is 0 Å². The van der Waals surface area contributed by atoms with E-state index in [0.717, 1.165) is 37.3 Å². The number of hydrogen-bond donors (Lipinski definition) is 1. The molecule has 0 aliphatic carbocycles. The summed E-state index contributed by atoms with van der Waals surface area (Å²) < 4.78 is 0. The van der Waals surface area contributed by atoms with Gasteiger partial charge in [0, 0.05) is 31.9 Å². The highest BCUT2D eigenvalue weighted by Crippen LogP contribution is 2.24. The van der Waals surface area contributed by atoms with Gasteiger partial charge in [0.05, 0.1) is 12.3 Å². The van der Waals surface area contributed by atoms with Gasteiger partial charge in [-0.15, -0.1) is 0 Å². The Bertz CT molecular complexity index is 804. The third-order valence-corrected chi connectivity index (χ3v) is 5.15. The van der Waals surface area contributed by atoms with E-state index in [1.54, 1.807) is 6.92 Å². The Hall–Kier alpha value is -2.99. The van der Waals surface area contributed by atoms with Crippen LogP contribution in [0, 0.1) is 0 Å². The number of rotatable bonds is 6. The van der Waals surface area contributed by atoms with Gasteiger partial charge in [0.25, 0.3) is 5.91 Å². The van der Waals surface area contributed by atoms with Crippen LogP contribution < -0.4 is 5.43 Å². The lowest BCUT2D eigenvalue weighted by Crippen LogP contribution is -2.47. The maximum Gasteiger partial charge on any atom is 0.252 e. The monoisotopic (exact) mass is 392 g/mol. The molecule has 29 heavy (non-hydrogen) atoms. The predicted molar refractivity (Wildman–Crippen MR) is 115 cm³/mol. The Morgan fingerprint density at radius 3 is 1.97 bits per heavy atom. The minimum absolute atomic E-state index is 0.0521. The summed E-state index contributed by atoms with van der Waals surface area (Å²) in [7, 11) is 2.06. The fraction of sp³-hybridized carbons (Fsp3) is 0.348. The summed E-state index contributed by atoms with van der Waals surface area (Å²) in [5, 5.41) is 4.20. The summed E-state index contributed by atoms with van der Waals surface area (Å²) in [4.78, 5) is 29.5. The van der Waals surface area contributed by atoms with Crippen molar-refractivity contribution in [1.29, 1.82) is 0 Å². The van der Waals surface area contributed by atoms with Crippen LogP contribution in [0.4, 0.5) is 0 Å². The molecule has 0 atom stereocenters. The maximum atomic E-state index is 13.0. The number of carbonyl (C=O) groups excluding carboxylic acids is 2. The van der Waals surface area contributed by atoms with E-state index in [4.69, 9.17) is 0 Å². The molecule has 3 rings (SSSR count). The quantitative estimate of drug-likeness (QED) is 0.607. The highest BCUT2D eigenvalue weighted by Gasteiger charge is 2.23. The lowest BCUT2D eigenvalue weighted by Gasteiger charge is -2.32. The second kappa shape index (κ2) is 9.98. The first-order valence-electron chi connectivity index (χ1n) is 9.94. The van der Waals surface area contributed by atoms with Crippen LogP contribution >= 0.6 is 0 Å². The van der Waals surface area contributed by atoms with Gasteiger partial charge in [-0.2, -0.15) is 5.10 Å². The van der Waals surface area contributed by atoms with E-state index < -0.39 is 5.92 Å². The molecule has 0 aromatic heterocycles. The van der Waals surface area contributed by atoms with E-state index in [0.29, 0.717) is 5.71 Å². The van der Waals surface area contributed by atoms with Gasteiger partial charge in [0.1, 0.15) is 0 Å². The lowest BCUT2D eigenvalue weighted by molar-refractivity contribution is -0.131. The minimum Gasteiger partial charge on any atom is -0.340 e. The zero-order chi connectivity index (χ0) is 20.6. The average molecular weight is 393 g/mol. The molecule has 1 aliphatic heterocycles. The molecular weight excluding hydrogens is 364 g/mol. The number of benzene rings is 2. The largest absolute Gasteiger partial charge is 0.340 e. The van der Waals surface area contributed by atoms with E-state index in [1.807, 2.05) is 65.6 Å². The lowest BCUT2D eigenvalue weighted by atomic mass is 9.91. The van der Waals surface area contributed by atoms with E-state index in [9.17, 15) is 9.59 Å². The number of piperazine rings is 1. The van der Waals surface area contributed by atoms with Gasteiger partial charge in [-0.25, -0.2) is 5.43 Å². The summed E-state index contributed by atoms with van der Waals surface area (Å²) in [5.74, 6) is -0.618. The molecule has 2 amide bonds. The standard InChI is InChI=1S/C23H28N4O2/c1-18(17-21(28)27-15-13-26(2)14-16-27)24-25-23(29)22(19-9-5-3-6-10-19)20-11-7-4-8-12-20/h3-12,22H,13-17H2,1-2H3,(H,25,29)/b24-18+. The summed E-state index contributed by atoms with van der Waals surface area (Å²) in [5.41, 5.74) is 5.07. The molecule has 0 unspecified atom stereocenters. The first-order valence-corrected chi connectivity index (χ1v) is 9.94. The Morgan fingerprint density at radius 2 is 1.45 bits per heavy atom. The van der Waals surface area contributed by atoms with Crippen molar-refractivity contribution in [1.82, 2.24) is 15.2 Å². The second-order valence-corrected chi connectivity index (χ2v) is 7.44. The molecule has 152 valence electrons. The highest BCUT2D eigenvalue weighted by atomic mass is 16.2. The summed E-state index contributed by atoms with van der Waals surface area (Å²) in [6, 6.07) is 19.3. The third-order valence-electron chi connectivity index (χ3n) is 5.15. The van der Waals surface area contributed by atoms with Crippen LogP contribution in [0.5, 0.6) is 0 Å². The second-order valence-electron chi connectivity index (χ2n) is 7.44. The van der Waals surface area contributed by atoms with Gasteiger partial charge < -0.3 is 9.80 Å². The SMILES string of the molecule is C/C(CC(=O)N1CCN(C)CC1)=N\NC(=O)C(c1ccccc1)c1ccccc1. The fourth-order valence-corrected chi connectivity index (χ4v) is 3.43. The number of hydrazone groups is 1. The van der Waals surface area contributed by atoms with Crippen molar-refractivity contribution >= 4 is 17.5 Å². The topological polar surface area (TPSA) is 65.0 Å². The average Bonchev–Trinajstić information content (AvgIpc) is 2.74. The van der Waals surface area contributed by atoms with Gasteiger partial charge >= 0.3 is 0 Å². The molecular formula is C23H28N4O2. The molecule has 1 N–H and O–H groups in total. The van der Waals surface area contributed by atoms with Crippen molar-refractivity contribution in [2.24, 2.45) is 5.10 Å². The van der Waals surface area contributed by atoms with Crippen LogP contribution in [0.25, 0.3) is 0 Å². The normalized spacial score (nSPS) is 15.4. The molecule has 2 aromatic carbocycles. The highest BCUT2D eigenvalue weighted by molar-refractivity contribution is 6.00. The van der Waals surface area contributed by atoms with Crippen molar-refractivity contribution in [3.8, 4) is 0 Å². The van der Waals surface area contributed by atoms with Gasteiger partial charge in [-0.1, -0.05) is 60.7 Å². The first-order chi connectivity index (χ1) is 14.0. The van der Waals surface area contributed by atoms with Crippen LogP contribution in [-0.4, -0.2) is 60.6 Å². The Morgan fingerprint density at radius 1 is 0.931 bits per heavy atom. The molecule has 6 nitrogen and oxygen atoms in total. The van der Waals surface area contributed by atoms with Gasteiger partial charge in [0.15, 0.2) is 0 Å². The molecule has 1 fully saturated rings. The van der Waals surface area contributed by atoms with E-state index in [1.165, 1.54) is 0 Å². The number of likely N-dealkylation sites (N-methyl/N-ethyl adjacent to an activating group) is 1. The summed E-state index contributed by atoms with van der Waals surface area (Å²) in [6.45, 7) is 5.01. The number of nitrogens with zero attached hydrogens (tertiary/aromatic N) is 3. The molecule has 2 aromatic rings. The van der Waals surface area contributed by atoms with Crippen LogP contribution in [-0.2, 0) is 9.59 Å². The summed E-state index contributed by atoms with van der Waals surface area (Å²) >= 11 is 0. The molecule has 1 saturated heterocycles. The van der Waals surface area contributed by atoms with Crippen LogP contribution in [0.1, 0.15) is 30.4 Å². The molecule has 0 radical (unpaired) electrons. The molecule has 0 bridgehead atoms. The molecule has 0 saturated carbocycles. The van der Waals surface area contributed by atoms with E-state index in [2.05, 4.69) is 22.5 Å². The van der Waals surface area contributed by atoms with Gasteiger partial charge in [-0.3, -0.25) is 9.59 Å². The number of amides is 2. The van der Waals surface area contributed by atoms with Crippen LogP contribution in [0.3, 0.4) is 0 Å². The van der Waals surface area contributed by atoms with Crippen molar-refractivity contribution in [2.45, 2.75) is 19.3 Å². The van der Waals surface area contributed by atoms with Crippen molar-refractivity contribution < 1.29 is 9.59 Å².